The van der Waals surface area contributed by atoms with Crippen molar-refractivity contribution >= 4 is 10.0 Å². The second kappa shape index (κ2) is 4.54. The van der Waals surface area contributed by atoms with Crippen LogP contribution in [0.15, 0.2) is 12.4 Å². The summed E-state index contributed by atoms with van der Waals surface area (Å²) in [4.78, 5) is 0. The van der Waals surface area contributed by atoms with Crippen LogP contribution in [0.4, 0.5) is 0 Å². The Kier molecular flexibility index (Phi) is 3.62. The third kappa shape index (κ3) is 2.79. The van der Waals surface area contributed by atoms with Crippen molar-refractivity contribution in [1.29, 1.82) is 0 Å². The van der Waals surface area contributed by atoms with Gasteiger partial charge in [0, 0.05) is 24.8 Å². The highest BCUT2D eigenvalue weighted by Gasteiger charge is 2.18. The average Bonchev–Trinajstić information content (AvgIpc) is 2.66. The molecule has 6 nitrogen and oxygen atoms in total. The Hall–Kier alpha value is -0.920. The number of nitrogens with two attached hydrogens (primary N) is 1. The summed E-state index contributed by atoms with van der Waals surface area (Å²) in [5, 5.41) is 5.73. The second-order valence-corrected chi connectivity index (χ2v) is 5.20. The van der Waals surface area contributed by atoms with Gasteiger partial charge >= 0.3 is 0 Å². The summed E-state index contributed by atoms with van der Waals surface area (Å²) in [6.45, 7) is 1.92. The van der Waals surface area contributed by atoms with Crippen molar-refractivity contribution in [3.05, 3.63) is 18.0 Å². The summed E-state index contributed by atoms with van der Waals surface area (Å²) in [6, 6.07) is 0. The van der Waals surface area contributed by atoms with E-state index in [9.17, 15) is 8.42 Å². The molecular weight excluding hydrogens is 204 g/mol. The van der Waals surface area contributed by atoms with Gasteiger partial charge in [0.05, 0.1) is 11.4 Å². The smallest absolute Gasteiger partial charge is 0.215 e. The molecule has 1 atom stereocenters. The van der Waals surface area contributed by atoms with Gasteiger partial charge in [0.1, 0.15) is 0 Å². The fraction of sp³-hybridized carbons (Fsp3) is 0.571. The first-order valence-corrected chi connectivity index (χ1v) is 5.77. The van der Waals surface area contributed by atoms with Gasteiger partial charge in [0.2, 0.25) is 10.0 Å². The molecule has 1 aromatic heterocycles. The first kappa shape index (κ1) is 11.2. The van der Waals surface area contributed by atoms with Crippen molar-refractivity contribution < 1.29 is 8.42 Å². The van der Waals surface area contributed by atoms with Crippen LogP contribution in [0.3, 0.4) is 0 Å². The maximum absolute atomic E-state index is 11.4. The number of nitrogens with zero attached hydrogens (tertiary/aromatic N) is 1. The molecule has 80 valence electrons. The summed E-state index contributed by atoms with van der Waals surface area (Å²) >= 11 is 0. The monoisotopic (exact) mass is 218 g/mol. The van der Waals surface area contributed by atoms with Gasteiger partial charge in [-0.05, 0) is 6.92 Å². The average molecular weight is 218 g/mol. The predicted octanol–water partition coefficient (Wildman–Crippen LogP) is -0.824. The first-order valence-electron chi connectivity index (χ1n) is 4.22. The van der Waals surface area contributed by atoms with Crippen molar-refractivity contribution in [1.82, 2.24) is 14.9 Å². The molecule has 0 radical (unpaired) electrons. The zero-order chi connectivity index (χ0) is 10.6. The highest BCUT2D eigenvalue weighted by Crippen LogP contribution is 1.99. The molecule has 0 amide bonds. The van der Waals surface area contributed by atoms with Crippen molar-refractivity contribution in [2.45, 2.75) is 18.7 Å². The van der Waals surface area contributed by atoms with Gasteiger partial charge in [-0.1, -0.05) is 0 Å². The van der Waals surface area contributed by atoms with E-state index in [1.807, 2.05) is 0 Å². The van der Waals surface area contributed by atoms with Crippen molar-refractivity contribution in [2.24, 2.45) is 5.73 Å². The summed E-state index contributed by atoms with van der Waals surface area (Å²) in [5.74, 6) is 0. The van der Waals surface area contributed by atoms with Crippen molar-refractivity contribution in [3.63, 3.8) is 0 Å². The molecule has 4 N–H and O–H groups in total. The Labute approximate surface area is 82.9 Å². The fourth-order valence-corrected chi connectivity index (χ4v) is 1.73. The number of sulfonamides is 1. The normalized spacial score (nSPS) is 14.1. The molecule has 0 spiro atoms. The van der Waals surface area contributed by atoms with E-state index >= 15 is 0 Å². The van der Waals surface area contributed by atoms with E-state index in [2.05, 4.69) is 14.9 Å². The molecule has 0 aromatic carbocycles. The zero-order valence-corrected chi connectivity index (χ0v) is 8.71. The van der Waals surface area contributed by atoms with Crippen LogP contribution in [0.25, 0.3) is 0 Å². The summed E-state index contributed by atoms with van der Waals surface area (Å²) in [7, 11) is -3.30. The largest absolute Gasteiger partial charge is 0.329 e. The van der Waals surface area contributed by atoms with Gasteiger partial charge in [-0.15, -0.1) is 0 Å². The maximum atomic E-state index is 11.4. The van der Waals surface area contributed by atoms with E-state index in [0.29, 0.717) is 0 Å². The molecule has 0 saturated carbocycles. The molecule has 7 heteroatoms. The lowest BCUT2D eigenvalue weighted by molar-refractivity contribution is 0.569. The molecule has 0 saturated heterocycles. The molecule has 0 aliphatic carbocycles. The molecule has 1 aromatic rings. The van der Waals surface area contributed by atoms with Crippen LogP contribution < -0.4 is 10.5 Å². The molecule has 0 bridgehead atoms. The van der Waals surface area contributed by atoms with E-state index in [0.717, 1.165) is 5.56 Å². The molecule has 0 aliphatic heterocycles. The Bertz CT molecular complexity index is 359. The van der Waals surface area contributed by atoms with Crippen LogP contribution in [0.1, 0.15) is 12.5 Å². The van der Waals surface area contributed by atoms with E-state index in [1.54, 1.807) is 19.3 Å². The van der Waals surface area contributed by atoms with Gasteiger partial charge in [0.15, 0.2) is 0 Å². The van der Waals surface area contributed by atoms with Crippen LogP contribution in [0.2, 0.25) is 0 Å². The third-order valence-electron chi connectivity index (χ3n) is 1.89. The van der Waals surface area contributed by atoms with Crippen LogP contribution in [-0.2, 0) is 16.6 Å². The number of aromatic amines is 1. The molecule has 1 unspecified atom stereocenters. The lowest BCUT2D eigenvalue weighted by Gasteiger charge is -2.10. The van der Waals surface area contributed by atoms with Gasteiger partial charge in [-0.2, -0.15) is 5.10 Å². The van der Waals surface area contributed by atoms with Gasteiger partial charge < -0.3 is 5.73 Å². The lowest BCUT2D eigenvalue weighted by atomic mass is 10.4. The van der Waals surface area contributed by atoms with Crippen molar-refractivity contribution in [2.75, 3.05) is 6.54 Å². The lowest BCUT2D eigenvalue weighted by Crippen LogP contribution is -2.36. The van der Waals surface area contributed by atoms with Gasteiger partial charge in [-0.3, -0.25) is 5.10 Å². The van der Waals surface area contributed by atoms with Gasteiger partial charge in [-0.25, -0.2) is 13.1 Å². The van der Waals surface area contributed by atoms with E-state index < -0.39 is 15.3 Å². The third-order valence-corrected chi connectivity index (χ3v) is 3.69. The van der Waals surface area contributed by atoms with Crippen LogP contribution in [-0.4, -0.2) is 30.4 Å². The summed E-state index contributed by atoms with van der Waals surface area (Å²) in [6.07, 6.45) is 3.20. The zero-order valence-electron chi connectivity index (χ0n) is 7.90. The highest BCUT2D eigenvalue weighted by molar-refractivity contribution is 7.90. The molecule has 1 heterocycles. The summed E-state index contributed by atoms with van der Waals surface area (Å²) in [5.41, 5.74) is 6.06. The Balaban J connectivity index is 2.53. The summed E-state index contributed by atoms with van der Waals surface area (Å²) < 4.78 is 25.3. The standard InChI is InChI=1S/C7H14N4O2S/c1-6(2-8)14(12,13)11-5-7-3-9-10-4-7/h3-4,6,11H,2,5,8H2,1H3,(H,9,10). The van der Waals surface area contributed by atoms with Crippen LogP contribution in [0, 0.1) is 0 Å². The number of hydrogen-bond acceptors (Lipinski definition) is 4. The number of rotatable bonds is 5. The Morgan fingerprint density at radius 3 is 2.93 bits per heavy atom. The van der Waals surface area contributed by atoms with Crippen LogP contribution in [0.5, 0.6) is 0 Å². The van der Waals surface area contributed by atoms with Crippen molar-refractivity contribution in [3.8, 4) is 0 Å². The second-order valence-electron chi connectivity index (χ2n) is 3.02. The Morgan fingerprint density at radius 2 is 2.43 bits per heavy atom. The number of hydrogen-bond donors (Lipinski definition) is 3. The molecule has 0 aliphatic rings. The molecule has 14 heavy (non-hydrogen) atoms. The fourth-order valence-electron chi connectivity index (χ4n) is 0.827. The highest BCUT2D eigenvalue weighted by atomic mass is 32.2. The maximum Gasteiger partial charge on any atom is 0.215 e. The number of nitrogens with one attached hydrogen (secondary N) is 2. The SMILES string of the molecule is CC(CN)S(=O)(=O)NCc1cn[nH]c1. The molecular formula is C7H14N4O2S. The Morgan fingerprint density at radius 1 is 1.71 bits per heavy atom. The quantitative estimate of drug-likeness (QED) is 0.600. The predicted molar refractivity (Wildman–Crippen MR) is 52.9 cm³/mol. The number of H-pyrrole nitrogens is 1. The van der Waals surface area contributed by atoms with Crippen LogP contribution >= 0.6 is 0 Å². The topological polar surface area (TPSA) is 101 Å². The van der Waals surface area contributed by atoms with E-state index in [1.165, 1.54) is 0 Å². The minimum Gasteiger partial charge on any atom is -0.329 e. The minimum atomic E-state index is -3.30. The molecule has 1 rings (SSSR count). The van der Waals surface area contributed by atoms with E-state index in [4.69, 9.17) is 5.73 Å². The first-order chi connectivity index (χ1) is 6.56. The molecule has 0 fully saturated rings. The van der Waals surface area contributed by atoms with Gasteiger partial charge in [0.25, 0.3) is 0 Å². The minimum absolute atomic E-state index is 0.112. The number of aromatic nitrogens is 2. The van der Waals surface area contributed by atoms with E-state index in [-0.39, 0.29) is 13.1 Å².